The number of hydrogen-bond acceptors (Lipinski definition) is 4. The molecule has 1 N–H and O–H groups in total. The Hall–Kier alpha value is -2.04. The molecular weight excluding hydrogens is 456 g/mol. The Bertz CT molecular complexity index is 1030. The largest absolute Gasteiger partial charge is 0.468 e. The highest BCUT2D eigenvalue weighted by molar-refractivity contribution is 6.33. The lowest BCUT2D eigenvalue weighted by atomic mass is 9.57. The molecule has 2 aliphatic carbocycles. The monoisotopic (exact) mass is 494 g/mol. The number of nitrogens with zero attached hydrogens (tertiary/aromatic N) is 1. The number of methoxy groups -OCH3 is 1. The van der Waals surface area contributed by atoms with Crippen molar-refractivity contribution in [2.45, 2.75) is 76.8 Å². The number of carbonyl (C=O) groups is 1. The minimum Gasteiger partial charge on any atom is -0.468 e. The molecule has 3 unspecified atom stereocenters. The lowest BCUT2D eigenvalue weighted by Gasteiger charge is -2.47. The summed E-state index contributed by atoms with van der Waals surface area (Å²) in [6.07, 6.45) is 8.67. The third kappa shape index (κ3) is 5.39. The molecule has 5 rings (SSSR count). The molecule has 1 aliphatic heterocycles. The van der Waals surface area contributed by atoms with Crippen LogP contribution < -0.4 is 5.32 Å². The highest BCUT2D eigenvalue weighted by atomic mass is 35.5. The summed E-state index contributed by atoms with van der Waals surface area (Å²) in [6, 6.07) is 14.9. The zero-order valence-electron chi connectivity index (χ0n) is 21.4. The number of carbonyl (C=O) groups excluding carboxylic acids is 1. The van der Waals surface area contributed by atoms with E-state index in [0.717, 1.165) is 60.1 Å². The van der Waals surface area contributed by atoms with Gasteiger partial charge in [0.05, 0.1) is 17.8 Å². The minimum atomic E-state index is -0.126. The summed E-state index contributed by atoms with van der Waals surface area (Å²) in [5, 5.41) is 4.28. The first kappa shape index (κ1) is 24.6. The Morgan fingerprint density at radius 1 is 1.11 bits per heavy atom. The van der Waals surface area contributed by atoms with Gasteiger partial charge in [-0.3, -0.25) is 9.69 Å². The van der Waals surface area contributed by atoms with Crippen LogP contribution in [0.5, 0.6) is 0 Å². The second kappa shape index (κ2) is 10.1. The number of anilines is 2. The Labute approximate surface area is 215 Å². The van der Waals surface area contributed by atoms with Crippen molar-refractivity contribution in [3.8, 4) is 0 Å². The van der Waals surface area contributed by atoms with Crippen LogP contribution in [0, 0.1) is 17.8 Å². The highest BCUT2D eigenvalue weighted by Crippen LogP contribution is 2.51. The van der Waals surface area contributed by atoms with Crippen LogP contribution in [-0.2, 0) is 21.5 Å². The SMILES string of the molecule is COC(=O)C1CCCN1Cc1ccc(Nc2ccc(C3(C)CC4CC(C)CC(C4)C3)cc2Cl)cc1. The van der Waals surface area contributed by atoms with E-state index < -0.39 is 0 Å². The summed E-state index contributed by atoms with van der Waals surface area (Å²) < 4.78 is 4.97. The van der Waals surface area contributed by atoms with E-state index in [1.165, 1.54) is 50.3 Å². The maximum Gasteiger partial charge on any atom is 0.323 e. The van der Waals surface area contributed by atoms with Crippen LogP contribution in [0.15, 0.2) is 42.5 Å². The predicted molar refractivity (Wildman–Crippen MR) is 143 cm³/mol. The van der Waals surface area contributed by atoms with Gasteiger partial charge in [0.1, 0.15) is 6.04 Å². The van der Waals surface area contributed by atoms with E-state index in [4.69, 9.17) is 16.3 Å². The molecule has 0 radical (unpaired) electrons. The number of fused-ring (bicyclic) bond motifs is 2. The Kier molecular flexibility index (Phi) is 7.14. The number of ether oxygens (including phenoxy) is 1. The van der Waals surface area contributed by atoms with Crippen molar-refractivity contribution in [2.75, 3.05) is 19.0 Å². The van der Waals surface area contributed by atoms with Crippen molar-refractivity contribution in [1.82, 2.24) is 4.90 Å². The second-order valence-electron chi connectivity index (χ2n) is 11.7. The topological polar surface area (TPSA) is 41.6 Å². The van der Waals surface area contributed by atoms with Gasteiger partial charge in [-0.1, -0.05) is 43.6 Å². The highest BCUT2D eigenvalue weighted by Gasteiger charge is 2.42. The first-order valence-electron chi connectivity index (χ1n) is 13.3. The molecule has 188 valence electrons. The number of hydrogen-bond donors (Lipinski definition) is 1. The summed E-state index contributed by atoms with van der Waals surface area (Å²) in [7, 11) is 1.47. The van der Waals surface area contributed by atoms with Gasteiger partial charge in [0, 0.05) is 12.2 Å². The van der Waals surface area contributed by atoms with Crippen LogP contribution in [0.25, 0.3) is 0 Å². The van der Waals surface area contributed by atoms with Gasteiger partial charge < -0.3 is 10.1 Å². The minimum absolute atomic E-state index is 0.121. The zero-order chi connectivity index (χ0) is 24.6. The van der Waals surface area contributed by atoms with E-state index in [1.807, 2.05) is 0 Å². The molecule has 2 bridgehead atoms. The first-order valence-corrected chi connectivity index (χ1v) is 13.7. The van der Waals surface area contributed by atoms with Gasteiger partial charge in [0.2, 0.25) is 0 Å². The summed E-state index contributed by atoms with van der Waals surface area (Å²) in [4.78, 5) is 14.2. The van der Waals surface area contributed by atoms with Gasteiger partial charge in [-0.2, -0.15) is 0 Å². The number of esters is 1. The smallest absolute Gasteiger partial charge is 0.323 e. The quantitative estimate of drug-likeness (QED) is 0.427. The van der Waals surface area contributed by atoms with Gasteiger partial charge in [-0.15, -0.1) is 0 Å². The van der Waals surface area contributed by atoms with Crippen molar-refractivity contribution in [2.24, 2.45) is 17.8 Å². The van der Waals surface area contributed by atoms with Crippen LogP contribution in [0.2, 0.25) is 5.02 Å². The van der Waals surface area contributed by atoms with Crippen molar-refractivity contribution >= 4 is 28.9 Å². The Morgan fingerprint density at radius 2 is 1.83 bits per heavy atom. The zero-order valence-corrected chi connectivity index (χ0v) is 22.1. The molecule has 2 aromatic rings. The predicted octanol–water partition coefficient (Wildman–Crippen LogP) is 7.32. The first-order chi connectivity index (χ1) is 16.8. The third-order valence-corrected chi connectivity index (χ3v) is 9.05. The average molecular weight is 495 g/mol. The van der Waals surface area contributed by atoms with Crippen molar-refractivity contribution in [3.63, 3.8) is 0 Å². The summed E-state index contributed by atoms with van der Waals surface area (Å²) in [5.41, 5.74) is 4.77. The molecule has 5 heteroatoms. The van der Waals surface area contributed by atoms with Gasteiger partial charge in [0.25, 0.3) is 0 Å². The van der Waals surface area contributed by atoms with Gasteiger partial charge in [-0.05, 0) is 110 Å². The molecule has 0 amide bonds. The number of benzene rings is 2. The standard InChI is InChI=1S/C30H39ClN2O2/c1-20-13-22-15-23(14-20)18-30(2,17-22)24-8-11-27(26(31)16-24)32-25-9-6-21(7-10-25)19-33-12-4-5-28(33)29(34)35-3/h6-11,16,20,22-23,28,32H,4-5,12-15,17-19H2,1-3H3. The normalized spacial score (nSPS) is 30.7. The molecule has 3 atom stereocenters. The lowest BCUT2D eigenvalue weighted by Crippen LogP contribution is -2.38. The molecule has 4 nitrogen and oxygen atoms in total. The number of halogens is 1. The molecule has 1 saturated heterocycles. The summed E-state index contributed by atoms with van der Waals surface area (Å²) in [5.74, 6) is 2.48. The molecule has 3 fully saturated rings. The van der Waals surface area contributed by atoms with Gasteiger partial charge in [0.15, 0.2) is 0 Å². The fourth-order valence-electron chi connectivity index (χ4n) is 7.32. The lowest BCUT2D eigenvalue weighted by molar-refractivity contribution is -0.146. The maximum absolute atomic E-state index is 12.0. The van der Waals surface area contributed by atoms with Crippen molar-refractivity contribution in [1.29, 1.82) is 0 Å². The fraction of sp³-hybridized carbons (Fsp3) is 0.567. The van der Waals surface area contributed by atoms with Crippen molar-refractivity contribution < 1.29 is 9.53 Å². The van der Waals surface area contributed by atoms with Crippen LogP contribution in [0.4, 0.5) is 11.4 Å². The van der Waals surface area contributed by atoms with E-state index in [1.54, 1.807) is 0 Å². The van der Waals surface area contributed by atoms with Gasteiger partial charge in [-0.25, -0.2) is 0 Å². The van der Waals surface area contributed by atoms with E-state index in [2.05, 4.69) is 66.5 Å². The summed E-state index contributed by atoms with van der Waals surface area (Å²) >= 11 is 6.80. The van der Waals surface area contributed by atoms with Gasteiger partial charge >= 0.3 is 5.97 Å². The Morgan fingerprint density at radius 3 is 2.49 bits per heavy atom. The molecule has 1 heterocycles. The average Bonchev–Trinajstić information content (AvgIpc) is 3.28. The summed E-state index contributed by atoms with van der Waals surface area (Å²) in [6.45, 7) is 6.57. The van der Waals surface area contributed by atoms with E-state index in [-0.39, 0.29) is 17.4 Å². The third-order valence-electron chi connectivity index (χ3n) is 8.74. The molecule has 2 saturated carbocycles. The fourth-order valence-corrected chi connectivity index (χ4v) is 7.55. The van der Waals surface area contributed by atoms with E-state index >= 15 is 0 Å². The molecular formula is C30H39ClN2O2. The van der Waals surface area contributed by atoms with Crippen LogP contribution in [0.3, 0.4) is 0 Å². The maximum atomic E-state index is 12.0. The number of rotatable bonds is 6. The van der Waals surface area contributed by atoms with E-state index in [9.17, 15) is 4.79 Å². The molecule has 0 aromatic heterocycles. The molecule has 35 heavy (non-hydrogen) atoms. The molecule has 3 aliphatic rings. The van der Waals surface area contributed by atoms with Crippen LogP contribution >= 0.6 is 11.6 Å². The van der Waals surface area contributed by atoms with Crippen LogP contribution in [-0.4, -0.2) is 30.6 Å². The Balaban J connectivity index is 1.23. The number of nitrogens with one attached hydrogen (secondary N) is 1. The van der Waals surface area contributed by atoms with E-state index in [0.29, 0.717) is 0 Å². The van der Waals surface area contributed by atoms with Crippen LogP contribution in [0.1, 0.15) is 69.9 Å². The van der Waals surface area contributed by atoms with Crippen molar-refractivity contribution in [3.05, 3.63) is 58.6 Å². The molecule has 2 aromatic carbocycles. The molecule has 0 spiro atoms. The number of likely N-dealkylation sites (tertiary alicyclic amines) is 1. The second-order valence-corrected chi connectivity index (χ2v) is 12.1.